The van der Waals surface area contributed by atoms with Crippen molar-refractivity contribution >= 4 is 16.0 Å². The summed E-state index contributed by atoms with van der Waals surface area (Å²) < 4.78 is 43.8. The second-order valence-corrected chi connectivity index (χ2v) is 6.95. The molecule has 0 radical (unpaired) electrons. The van der Waals surface area contributed by atoms with Gasteiger partial charge in [0.15, 0.2) is 0 Å². The first-order valence-electron chi connectivity index (χ1n) is 6.74. The number of benzene rings is 2. The van der Waals surface area contributed by atoms with E-state index in [1.807, 2.05) is 0 Å². The highest BCUT2D eigenvalue weighted by Crippen LogP contribution is 2.18. The van der Waals surface area contributed by atoms with Crippen molar-refractivity contribution < 1.29 is 22.3 Å². The highest BCUT2D eigenvalue weighted by molar-refractivity contribution is 7.89. The second kappa shape index (κ2) is 6.89. The fourth-order valence-corrected chi connectivity index (χ4v) is 3.22. The smallest absolute Gasteiger partial charge is 0.337 e. The van der Waals surface area contributed by atoms with Gasteiger partial charge >= 0.3 is 5.97 Å². The molecule has 23 heavy (non-hydrogen) atoms. The van der Waals surface area contributed by atoms with E-state index >= 15 is 0 Å². The molecule has 0 spiro atoms. The Labute approximate surface area is 134 Å². The van der Waals surface area contributed by atoms with E-state index in [4.69, 9.17) is 0 Å². The van der Waals surface area contributed by atoms with Crippen molar-refractivity contribution in [1.29, 1.82) is 0 Å². The summed E-state index contributed by atoms with van der Waals surface area (Å²) in [5.41, 5.74) is 0.811. The second-order valence-electron chi connectivity index (χ2n) is 4.91. The van der Waals surface area contributed by atoms with Gasteiger partial charge in [0.05, 0.1) is 17.6 Å². The first-order chi connectivity index (χ1) is 10.8. The van der Waals surface area contributed by atoms with Gasteiger partial charge in [-0.25, -0.2) is 17.6 Å². The number of hydrogen-bond donors (Lipinski definition) is 0. The van der Waals surface area contributed by atoms with Crippen LogP contribution in [0.15, 0.2) is 53.4 Å². The summed E-state index contributed by atoms with van der Waals surface area (Å²) in [5.74, 6) is -0.992. The molecule has 0 fully saturated rings. The van der Waals surface area contributed by atoms with Crippen molar-refractivity contribution in [3.8, 4) is 0 Å². The van der Waals surface area contributed by atoms with Crippen LogP contribution in [-0.2, 0) is 21.3 Å². The molecule has 0 aliphatic rings. The van der Waals surface area contributed by atoms with Crippen LogP contribution in [0.4, 0.5) is 4.39 Å². The Balaban J connectivity index is 2.26. The third kappa shape index (κ3) is 3.94. The third-order valence-electron chi connectivity index (χ3n) is 3.28. The Bertz CT molecular complexity index is 803. The summed E-state index contributed by atoms with van der Waals surface area (Å²) in [5, 5.41) is 0. The molecule has 0 bridgehead atoms. The van der Waals surface area contributed by atoms with Gasteiger partial charge in [-0.1, -0.05) is 18.2 Å². The van der Waals surface area contributed by atoms with E-state index in [0.29, 0.717) is 5.56 Å². The van der Waals surface area contributed by atoms with Crippen LogP contribution in [0.2, 0.25) is 0 Å². The number of sulfonamides is 1. The summed E-state index contributed by atoms with van der Waals surface area (Å²) in [7, 11) is -1.13. The van der Waals surface area contributed by atoms with E-state index < -0.39 is 16.0 Å². The number of carbonyl (C=O) groups excluding carboxylic acids is 1. The molecule has 0 saturated heterocycles. The standard InChI is InChI=1S/C16H16FNO4S/c1-18(11-12-6-8-14(17)9-7-12)23(20,21)15-5-3-4-13(10-15)16(19)22-2/h3-10H,11H2,1-2H3. The monoisotopic (exact) mass is 337 g/mol. The first kappa shape index (κ1) is 17.1. The van der Waals surface area contributed by atoms with Crippen molar-refractivity contribution in [3.05, 3.63) is 65.5 Å². The minimum Gasteiger partial charge on any atom is -0.465 e. The number of methoxy groups -OCH3 is 1. The number of hydrogen-bond acceptors (Lipinski definition) is 4. The van der Waals surface area contributed by atoms with Gasteiger partial charge in [-0.05, 0) is 35.9 Å². The summed E-state index contributed by atoms with van der Waals surface area (Å²) in [6.45, 7) is 0.0884. The summed E-state index contributed by atoms with van der Waals surface area (Å²) in [4.78, 5) is 11.5. The Hall–Kier alpha value is -2.25. The van der Waals surface area contributed by atoms with E-state index in [1.165, 1.54) is 62.7 Å². The van der Waals surface area contributed by atoms with Gasteiger partial charge in [0.1, 0.15) is 5.82 Å². The van der Waals surface area contributed by atoms with E-state index in [2.05, 4.69) is 4.74 Å². The van der Waals surface area contributed by atoms with Crippen LogP contribution < -0.4 is 0 Å². The Morgan fingerprint density at radius 3 is 2.43 bits per heavy atom. The van der Waals surface area contributed by atoms with Crippen molar-refractivity contribution in [1.82, 2.24) is 4.31 Å². The number of ether oxygens (including phenoxy) is 1. The lowest BCUT2D eigenvalue weighted by Gasteiger charge is -2.17. The molecule has 0 aliphatic carbocycles. The molecular formula is C16H16FNO4S. The zero-order chi connectivity index (χ0) is 17.0. The van der Waals surface area contributed by atoms with Crippen molar-refractivity contribution in [2.24, 2.45) is 0 Å². The number of nitrogens with zero attached hydrogens (tertiary/aromatic N) is 1. The fraction of sp³-hybridized carbons (Fsp3) is 0.188. The largest absolute Gasteiger partial charge is 0.465 e. The van der Waals surface area contributed by atoms with Gasteiger partial charge in [0.25, 0.3) is 0 Å². The fourth-order valence-electron chi connectivity index (χ4n) is 2.01. The molecule has 0 atom stereocenters. The number of esters is 1. The van der Waals surface area contributed by atoms with Crippen LogP contribution in [0.1, 0.15) is 15.9 Å². The maximum atomic E-state index is 12.9. The lowest BCUT2D eigenvalue weighted by atomic mass is 10.2. The molecule has 2 rings (SSSR count). The minimum absolute atomic E-state index is 0.00925. The minimum atomic E-state index is -3.78. The quantitative estimate of drug-likeness (QED) is 0.786. The molecule has 0 saturated carbocycles. The van der Waals surface area contributed by atoms with Crippen LogP contribution in [0.25, 0.3) is 0 Å². The molecule has 0 unspecified atom stereocenters. The molecule has 5 nitrogen and oxygen atoms in total. The van der Waals surface area contributed by atoms with Gasteiger partial charge in [-0.15, -0.1) is 0 Å². The molecule has 0 N–H and O–H groups in total. The molecule has 0 aliphatic heterocycles. The molecule has 122 valence electrons. The maximum absolute atomic E-state index is 12.9. The van der Waals surface area contributed by atoms with E-state index in [1.54, 1.807) is 0 Å². The summed E-state index contributed by atoms with van der Waals surface area (Å²) in [6, 6.07) is 11.2. The predicted molar refractivity (Wildman–Crippen MR) is 82.8 cm³/mol. The van der Waals surface area contributed by atoms with Crippen LogP contribution in [-0.4, -0.2) is 32.8 Å². The van der Waals surface area contributed by atoms with Crippen LogP contribution in [0, 0.1) is 5.82 Å². The molecule has 7 heteroatoms. The van der Waals surface area contributed by atoms with Gasteiger partial charge in [0, 0.05) is 13.6 Å². The van der Waals surface area contributed by atoms with Gasteiger partial charge < -0.3 is 4.74 Å². The van der Waals surface area contributed by atoms with Crippen LogP contribution in [0.3, 0.4) is 0 Å². The topological polar surface area (TPSA) is 63.7 Å². The predicted octanol–water partition coefficient (Wildman–Crippen LogP) is 2.43. The van der Waals surface area contributed by atoms with E-state index in [0.717, 1.165) is 4.31 Å². The molecule has 2 aromatic rings. The molecular weight excluding hydrogens is 321 g/mol. The van der Waals surface area contributed by atoms with Crippen LogP contribution in [0.5, 0.6) is 0 Å². The zero-order valence-electron chi connectivity index (χ0n) is 12.7. The van der Waals surface area contributed by atoms with Gasteiger partial charge in [0.2, 0.25) is 10.0 Å². The summed E-state index contributed by atoms with van der Waals surface area (Å²) in [6.07, 6.45) is 0. The van der Waals surface area contributed by atoms with E-state index in [9.17, 15) is 17.6 Å². The molecule has 0 aromatic heterocycles. The van der Waals surface area contributed by atoms with Crippen molar-refractivity contribution in [2.75, 3.05) is 14.2 Å². The number of halogens is 1. The van der Waals surface area contributed by atoms with Crippen molar-refractivity contribution in [3.63, 3.8) is 0 Å². The Morgan fingerprint density at radius 1 is 1.17 bits per heavy atom. The number of rotatable bonds is 5. The van der Waals surface area contributed by atoms with Gasteiger partial charge in [-0.3, -0.25) is 0 Å². The lowest BCUT2D eigenvalue weighted by molar-refractivity contribution is 0.0600. The SMILES string of the molecule is COC(=O)c1cccc(S(=O)(=O)N(C)Cc2ccc(F)cc2)c1. The maximum Gasteiger partial charge on any atom is 0.337 e. The first-order valence-corrected chi connectivity index (χ1v) is 8.18. The van der Waals surface area contributed by atoms with Crippen LogP contribution >= 0.6 is 0 Å². The molecule has 2 aromatic carbocycles. The third-order valence-corrected chi connectivity index (χ3v) is 5.08. The summed E-state index contributed by atoms with van der Waals surface area (Å²) >= 11 is 0. The highest BCUT2D eigenvalue weighted by atomic mass is 32.2. The highest BCUT2D eigenvalue weighted by Gasteiger charge is 2.22. The lowest BCUT2D eigenvalue weighted by Crippen LogP contribution is -2.26. The Kier molecular flexibility index (Phi) is 5.12. The van der Waals surface area contributed by atoms with Gasteiger partial charge in [-0.2, -0.15) is 4.31 Å². The molecule has 0 heterocycles. The number of carbonyl (C=O) groups is 1. The van der Waals surface area contributed by atoms with E-state index in [-0.39, 0.29) is 22.8 Å². The zero-order valence-corrected chi connectivity index (χ0v) is 13.5. The molecule has 0 amide bonds. The van der Waals surface area contributed by atoms with Crippen molar-refractivity contribution in [2.45, 2.75) is 11.4 Å². The Morgan fingerprint density at radius 2 is 1.83 bits per heavy atom. The average Bonchev–Trinajstić information content (AvgIpc) is 2.56. The average molecular weight is 337 g/mol. The normalized spacial score (nSPS) is 11.5.